The Labute approximate surface area is 178 Å². The van der Waals surface area contributed by atoms with E-state index in [4.69, 9.17) is 14.3 Å². The highest BCUT2D eigenvalue weighted by atomic mass is 16.7. The van der Waals surface area contributed by atoms with Gasteiger partial charge in [-0.15, -0.1) is 0 Å². The van der Waals surface area contributed by atoms with Crippen molar-refractivity contribution in [2.75, 3.05) is 6.54 Å². The van der Waals surface area contributed by atoms with Crippen molar-refractivity contribution >= 4 is 41.4 Å². The maximum atomic E-state index is 10.1. The fourth-order valence-electron chi connectivity index (χ4n) is 4.66. The van der Waals surface area contributed by atoms with Crippen molar-refractivity contribution in [2.24, 2.45) is 0 Å². The van der Waals surface area contributed by atoms with E-state index in [1.165, 1.54) is 0 Å². The van der Waals surface area contributed by atoms with E-state index >= 15 is 0 Å². The molecule has 0 saturated carbocycles. The second-order valence-electron chi connectivity index (χ2n) is 9.68. The van der Waals surface area contributed by atoms with Gasteiger partial charge in [0.15, 0.2) is 0 Å². The number of fused-ring (bicyclic) bond motifs is 3. The molecule has 2 saturated heterocycles. The quantitative estimate of drug-likeness (QED) is 0.655. The molecule has 0 spiro atoms. The molecule has 6 nitrogen and oxygen atoms in total. The zero-order chi connectivity index (χ0) is 21.3. The lowest BCUT2D eigenvalue weighted by atomic mass is 9.78. The van der Waals surface area contributed by atoms with Gasteiger partial charge >= 0.3 is 14.2 Å². The van der Waals surface area contributed by atoms with Gasteiger partial charge in [0.05, 0.1) is 28.3 Å². The van der Waals surface area contributed by atoms with Gasteiger partial charge in [0.25, 0.3) is 0 Å². The SMILES string of the molecule is CB(O)N1CCC[C@@H]1c1nc2ccc3cc(B4OC(C)(C)C(C)(C)O4)ccc3c2[nH]1. The van der Waals surface area contributed by atoms with Crippen LogP contribution in [0.15, 0.2) is 30.3 Å². The number of hydrogen-bond acceptors (Lipinski definition) is 5. The first-order chi connectivity index (χ1) is 14.2. The average Bonchev–Trinajstić information content (AvgIpc) is 3.37. The van der Waals surface area contributed by atoms with Crippen molar-refractivity contribution in [3.63, 3.8) is 0 Å². The Balaban J connectivity index is 1.52. The summed E-state index contributed by atoms with van der Waals surface area (Å²) in [5, 5.41) is 12.4. The standard InChI is InChI=1S/C22H29B2N3O3/c1-21(2)22(3,4)30-24(29-21)15-9-10-16-14(13-15)8-11-17-19(16)26-20(25-17)18-7-6-12-27(18)23(5)28/h8-11,13,18,28H,6-7,12H2,1-5H3,(H,25,26)/t18-/m1/s1. The summed E-state index contributed by atoms with van der Waals surface area (Å²) in [6.07, 6.45) is 2.08. The summed E-state index contributed by atoms with van der Waals surface area (Å²) < 4.78 is 12.4. The third kappa shape index (κ3) is 3.09. The highest BCUT2D eigenvalue weighted by Gasteiger charge is 2.51. The van der Waals surface area contributed by atoms with E-state index in [0.29, 0.717) is 0 Å². The molecule has 0 radical (unpaired) electrons. The topological polar surface area (TPSA) is 70.6 Å². The number of nitrogens with zero attached hydrogens (tertiary/aromatic N) is 2. The van der Waals surface area contributed by atoms with Gasteiger partial charge < -0.3 is 24.1 Å². The number of aromatic amines is 1. The summed E-state index contributed by atoms with van der Waals surface area (Å²) in [6.45, 7) is 11.0. The van der Waals surface area contributed by atoms with E-state index in [0.717, 1.165) is 52.5 Å². The molecule has 5 rings (SSSR count). The van der Waals surface area contributed by atoms with Gasteiger partial charge in [0, 0.05) is 5.39 Å². The fourth-order valence-corrected chi connectivity index (χ4v) is 4.66. The van der Waals surface area contributed by atoms with Crippen molar-refractivity contribution in [2.45, 2.75) is 64.6 Å². The zero-order valence-electron chi connectivity index (χ0n) is 18.4. The maximum Gasteiger partial charge on any atom is 0.494 e. The van der Waals surface area contributed by atoms with Gasteiger partial charge in [-0.2, -0.15) is 0 Å². The van der Waals surface area contributed by atoms with Gasteiger partial charge in [0.1, 0.15) is 5.82 Å². The highest BCUT2D eigenvalue weighted by Crippen LogP contribution is 2.37. The molecular weight excluding hydrogens is 376 g/mol. The van der Waals surface area contributed by atoms with Crippen LogP contribution in [0.25, 0.3) is 21.8 Å². The first kappa shape index (κ1) is 20.1. The largest absolute Gasteiger partial charge is 0.494 e. The highest BCUT2D eigenvalue weighted by molar-refractivity contribution is 6.62. The predicted octanol–water partition coefficient (Wildman–Crippen LogP) is 3.26. The normalized spacial score (nSPS) is 23.7. The van der Waals surface area contributed by atoms with Crippen molar-refractivity contribution in [3.05, 3.63) is 36.2 Å². The second-order valence-corrected chi connectivity index (χ2v) is 9.68. The summed E-state index contributed by atoms with van der Waals surface area (Å²) in [5.74, 6) is 0.936. The predicted molar refractivity (Wildman–Crippen MR) is 122 cm³/mol. The van der Waals surface area contributed by atoms with Crippen LogP contribution in [0.1, 0.15) is 52.4 Å². The van der Waals surface area contributed by atoms with Crippen LogP contribution in [-0.4, -0.2) is 51.7 Å². The number of nitrogens with one attached hydrogen (secondary N) is 1. The van der Waals surface area contributed by atoms with E-state index in [2.05, 4.69) is 67.8 Å². The van der Waals surface area contributed by atoms with Crippen LogP contribution in [0, 0.1) is 0 Å². The van der Waals surface area contributed by atoms with E-state index in [9.17, 15) is 5.02 Å². The minimum atomic E-state index is -0.468. The molecule has 3 heterocycles. The number of hydrogen-bond donors (Lipinski definition) is 2. The number of H-pyrrole nitrogens is 1. The summed E-state index contributed by atoms with van der Waals surface area (Å²) in [4.78, 5) is 10.5. The van der Waals surface area contributed by atoms with Gasteiger partial charge in [-0.25, -0.2) is 4.98 Å². The lowest BCUT2D eigenvalue weighted by Gasteiger charge is -2.32. The number of imidazole rings is 1. The Morgan fingerprint density at radius 1 is 1.17 bits per heavy atom. The lowest BCUT2D eigenvalue weighted by Crippen LogP contribution is -2.41. The molecular formula is C22H29B2N3O3. The third-order valence-corrected chi connectivity index (χ3v) is 7.13. The molecule has 1 aromatic heterocycles. The summed E-state index contributed by atoms with van der Waals surface area (Å²) in [6, 6.07) is 10.7. The molecule has 0 unspecified atom stereocenters. The van der Waals surface area contributed by atoms with Crippen LogP contribution >= 0.6 is 0 Å². The molecule has 1 atom stereocenters. The number of aromatic nitrogens is 2. The van der Waals surface area contributed by atoms with Crippen molar-refractivity contribution in [3.8, 4) is 0 Å². The van der Waals surface area contributed by atoms with Crippen LogP contribution in [0.3, 0.4) is 0 Å². The van der Waals surface area contributed by atoms with Crippen molar-refractivity contribution in [1.29, 1.82) is 0 Å². The zero-order valence-corrected chi connectivity index (χ0v) is 18.4. The summed E-state index contributed by atoms with van der Waals surface area (Å²) in [7, 11) is -0.838. The maximum absolute atomic E-state index is 10.1. The van der Waals surface area contributed by atoms with Crippen LogP contribution in [0.2, 0.25) is 6.82 Å². The molecule has 2 N–H and O–H groups in total. The minimum absolute atomic E-state index is 0.136. The van der Waals surface area contributed by atoms with E-state index < -0.39 is 7.05 Å². The molecule has 2 aliphatic rings. The Bertz CT molecular complexity index is 1100. The van der Waals surface area contributed by atoms with Crippen LogP contribution in [-0.2, 0) is 9.31 Å². The van der Waals surface area contributed by atoms with E-state index in [-0.39, 0.29) is 24.4 Å². The number of benzene rings is 2. The lowest BCUT2D eigenvalue weighted by molar-refractivity contribution is 0.00578. The number of rotatable bonds is 3. The first-order valence-corrected chi connectivity index (χ1v) is 10.9. The molecule has 2 aliphatic heterocycles. The second kappa shape index (κ2) is 6.82. The molecule has 0 aliphatic carbocycles. The Hall–Kier alpha value is -1.86. The molecule has 0 bridgehead atoms. The molecule has 156 valence electrons. The molecule has 2 aromatic carbocycles. The van der Waals surface area contributed by atoms with E-state index in [1.54, 1.807) is 0 Å². The average molecular weight is 405 g/mol. The summed E-state index contributed by atoms with van der Waals surface area (Å²) >= 11 is 0. The summed E-state index contributed by atoms with van der Waals surface area (Å²) in [5.41, 5.74) is 2.31. The Kier molecular flexibility index (Phi) is 4.56. The first-order valence-electron chi connectivity index (χ1n) is 10.9. The molecule has 30 heavy (non-hydrogen) atoms. The smallest absolute Gasteiger partial charge is 0.437 e. The monoisotopic (exact) mass is 405 g/mol. The van der Waals surface area contributed by atoms with Gasteiger partial charge in [-0.05, 0) is 70.8 Å². The van der Waals surface area contributed by atoms with Crippen molar-refractivity contribution in [1.82, 2.24) is 14.8 Å². The third-order valence-electron chi connectivity index (χ3n) is 7.13. The fraction of sp³-hybridized carbons (Fsp3) is 0.500. The molecule has 0 amide bonds. The van der Waals surface area contributed by atoms with Gasteiger partial charge in [-0.1, -0.05) is 24.3 Å². The molecule has 2 fully saturated rings. The van der Waals surface area contributed by atoms with Gasteiger partial charge in [0.2, 0.25) is 0 Å². The van der Waals surface area contributed by atoms with Crippen LogP contribution in [0.4, 0.5) is 0 Å². The van der Waals surface area contributed by atoms with Crippen LogP contribution < -0.4 is 5.46 Å². The minimum Gasteiger partial charge on any atom is -0.437 e. The molecule has 3 aromatic rings. The van der Waals surface area contributed by atoms with Crippen LogP contribution in [0.5, 0.6) is 0 Å². The Morgan fingerprint density at radius 3 is 2.60 bits per heavy atom. The van der Waals surface area contributed by atoms with Gasteiger partial charge in [-0.3, -0.25) is 0 Å². The van der Waals surface area contributed by atoms with Crippen molar-refractivity contribution < 1.29 is 14.3 Å². The van der Waals surface area contributed by atoms with E-state index in [1.807, 2.05) is 6.82 Å². The molecule has 8 heteroatoms. The Morgan fingerprint density at radius 2 is 1.90 bits per heavy atom.